The highest BCUT2D eigenvalue weighted by atomic mass is 16.2. The summed E-state index contributed by atoms with van der Waals surface area (Å²) in [6.45, 7) is 7.89. The van der Waals surface area contributed by atoms with Crippen molar-refractivity contribution in [1.29, 1.82) is 0 Å². The molecule has 1 aromatic heterocycles. The quantitative estimate of drug-likeness (QED) is 0.626. The van der Waals surface area contributed by atoms with Crippen molar-refractivity contribution in [3.8, 4) is 0 Å². The molecule has 1 heterocycles. The summed E-state index contributed by atoms with van der Waals surface area (Å²) < 4.78 is 2.03. The van der Waals surface area contributed by atoms with Crippen LogP contribution in [0.4, 0.5) is 0 Å². The van der Waals surface area contributed by atoms with E-state index in [4.69, 9.17) is 0 Å². The molecule has 2 amide bonds. The zero-order chi connectivity index (χ0) is 20.5. The van der Waals surface area contributed by atoms with E-state index in [0.29, 0.717) is 26.1 Å². The van der Waals surface area contributed by atoms with Gasteiger partial charge in [-0.05, 0) is 30.0 Å². The minimum absolute atomic E-state index is 0.0180. The van der Waals surface area contributed by atoms with Gasteiger partial charge in [0.25, 0.3) is 0 Å². The van der Waals surface area contributed by atoms with Crippen molar-refractivity contribution >= 4 is 11.8 Å². The molecule has 5 heteroatoms. The van der Waals surface area contributed by atoms with Gasteiger partial charge in [0.2, 0.25) is 11.8 Å². The molecule has 0 bridgehead atoms. The lowest BCUT2D eigenvalue weighted by molar-refractivity contribution is -0.141. The summed E-state index contributed by atoms with van der Waals surface area (Å²) in [5.74, 6) is 0.324. The van der Waals surface area contributed by atoms with Crippen LogP contribution in [0.15, 0.2) is 48.7 Å². The van der Waals surface area contributed by atoms with Crippen molar-refractivity contribution in [3.63, 3.8) is 0 Å². The lowest BCUT2D eigenvalue weighted by Crippen LogP contribution is -2.43. The highest BCUT2D eigenvalue weighted by molar-refractivity contribution is 5.85. The lowest BCUT2D eigenvalue weighted by atomic mass is 10.1. The third-order valence-corrected chi connectivity index (χ3v) is 4.73. The average molecular weight is 384 g/mol. The van der Waals surface area contributed by atoms with Gasteiger partial charge in [-0.15, -0.1) is 0 Å². The number of aryl methyl sites for hydroxylation is 1. The molecule has 2 rings (SSSR count). The summed E-state index contributed by atoms with van der Waals surface area (Å²) in [6, 6.07) is 14.0. The number of aromatic nitrogens is 1. The molecule has 0 aliphatic carbocycles. The Kier molecular flexibility index (Phi) is 8.30. The molecule has 0 fully saturated rings. The monoisotopic (exact) mass is 383 g/mol. The molecule has 0 saturated heterocycles. The Morgan fingerprint density at radius 1 is 0.964 bits per heavy atom. The fourth-order valence-corrected chi connectivity index (χ4v) is 3.20. The van der Waals surface area contributed by atoms with Gasteiger partial charge in [-0.25, -0.2) is 0 Å². The van der Waals surface area contributed by atoms with E-state index in [1.807, 2.05) is 85.9 Å². The zero-order valence-corrected chi connectivity index (χ0v) is 17.6. The highest BCUT2D eigenvalue weighted by Crippen LogP contribution is 2.13. The van der Waals surface area contributed by atoms with E-state index >= 15 is 0 Å². The number of hydrogen-bond acceptors (Lipinski definition) is 2. The van der Waals surface area contributed by atoms with Gasteiger partial charge in [0.15, 0.2) is 0 Å². The standard InChI is InChI=1S/C23H33N3O2/c1-5-13-25(22(27)15-19(2)3)18-23(28)26(16-20-10-7-6-8-11-20)17-21-12-9-14-24(21)4/h6-12,14,19H,5,13,15-18H2,1-4H3. The molecular formula is C23H33N3O2. The molecule has 0 saturated carbocycles. The van der Waals surface area contributed by atoms with Gasteiger partial charge < -0.3 is 14.4 Å². The van der Waals surface area contributed by atoms with Crippen LogP contribution < -0.4 is 0 Å². The number of nitrogens with zero attached hydrogens (tertiary/aromatic N) is 3. The fourth-order valence-electron chi connectivity index (χ4n) is 3.20. The van der Waals surface area contributed by atoms with Gasteiger partial charge in [-0.1, -0.05) is 51.1 Å². The van der Waals surface area contributed by atoms with Crippen molar-refractivity contribution in [3.05, 3.63) is 59.9 Å². The van der Waals surface area contributed by atoms with Gasteiger partial charge >= 0.3 is 0 Å². The topological polar surface area (TPSA) is 45.6 Å². The molecule has 0 aliphatic rings. The number of amides is 2. The molecule has 0 aliphatic heterocycles. The predicted octanol–water partition coefficient (Wildman–Crippen LogP) is 3.84. The zero-order valence-electron chi connectivity index (χ0n) is 17.6. The molecule has 1 aromatic carbocycles. The number of rotatable bonds is 10. The predicted molar refractivity (Wildman–Crippen MR) is 112 cm³/mol. The summed E-state index contributed by atoms with van der Waals surface area (Å²) in [7, 11) is 1.98. The Balaban J connectivity index is 2.16. The van der Waals surface area contributed by atoms with Crippen LogP contribution in [-0.4, -0.2) is 39.3 Å². The molecule has 0 radical (unpaired) electrons. The molecule has 28 heavy (non-hydrogen) atoms. The van der Waals surface area contributed by atoms with Crippen LogP contribution in [0.2, 0.25) is 0 Å². The first kappa shape index (κ1) is 21.7. The van der Waals surface area contributed by atoms with E-state index in [9.17, 15) is 9.59 Å². The number of hydrogen-bond donors (Lipinski definition) is 0. The van der Waals surface area contributed by atoms with E-state index in [2.05, 4.69) is 0 Å². The molecule has 0 atom stereocenters. The van der Waals surface area contributed by atoms with Crippen LogP contribution in [0.3, 0.4) is 0 Å². The Hall–Kier alpha value is -2.56. The van der Waals surface area contributed by atoms with Gasteiger partial charge in [-0.3, -0.25) is 9.59 Å². The van der Waals surface area contributed by atoms with Crippen LogP contribution in [0.5, 0.6) is 0 Å². The summed E-state index contributed by atoms with van der Waals surface area (Å²) in [6.07, 6.45) is 3.30. The largest absolute Gasteiger partial charge is 0.353 e. The second kappa shape index (κ2) is 10.7. The maximum absolute atomic E-state index is 13.2. The normalized spacial score (nSPS) is 10.9. The van der Waals surface area contributed by atoms with Gasteiger partial charge in [-0.2, -0.15) is 0 Å². The summed E-state index contributed by atoms with van der Waals surface area (Å²) in [4.78, 5) is 29.3. The van der Waals surface area contributed by atoms with Crippen LogP contribution in [0.1, 0.15) is 44.9 Å². The Labute approximate surface area is 168 Å². The SMILES string of the molecule is CCCN(CC(=O)N(Cc1ccccc1)Cc1cccn1C)C(=O)CC(C)C. The van der Waals surface area contributed by atoms with Crippen LogP contribution in [0.25, 0.3) is 0 Å². The number of carbonyl (C=O) groups excluding carboxylic acids is 2. The second-order valence-corrected chi connectivity index (χ2v) is 7.76. The lowest BCUT2D eigenvalue weighted by Gasteiger charge is -2.28. The molecular weight excluding hydrogens is 350 g/mol. The van der Waals surface area contributed by atoms with Crippen molar-refractivity contribution in [2.75, 3.05) is 13.1 Å². The van der Waals surface area contributed by atoms with Crippen molar-refractivity contribution < 1.29 is 9.59 Å². The Bertz CT molecular complexity index is 752. The van der Waals surface area contributed by atoms with Crippen LogP contribution >= 0.6 is 0 Å². The highest BCUT2D eigenvalue weighted by Gasteiger charge is 2.22. The summed E-state index contributed by atoms with van der Waals surface area (Å²) >= 11 is 0. The first-order valence-electron chi connectivity index (χ1n) is 10.1. The third kappa shape index (κ3) is 6.55. The first-order chi connectivity index (χ1) is 13.4. The molecule has 2 aromatic rings. The van der Waals surface area contributed by atoms with E-state index in [0.717, 1.165) is 17.7 Å². The van der Waals surface area contributed by atoms with Crippen LogP contribution in [-0.2, 0) is 29.7 Å². The summed E-state index contributed by atoms with van der Waals surface area (Å²) in [5, 5.41) is 0. The molecule has 152 valence electrons. The smallest absolute Gasteiger partial charge is 0.242 e. The number of carbonyl (C=O) groups is 2. The van der Waals surface area contributed by atoms with Crippen molar-refractivity contribution in [2.24, 2.45) is 13.0 Å². The minimum atomic E-state index is -0.0180. The molecule has 0 spiro atoms. The second-order valence-electron chi connectivity index (χ2n) is 7.76. The van der Waals surface area contributed by atoms with Crippen molar-refractivity contribution in [2.45, 2.75) is 46.7 Å². The Morgan fingerprint density at radius 3 is 2.25 bits per heavy atom. The average Bonchev–Trinajstić information content (AvgIpc) is 3.05. The Morgan fingerprint density at radius 2 is 1.68 bits per heavy atom. The molecule has 0 unspecified atom stereocenters. The van der Waals surface area contributed by atoms with E-state index < -0.39 is 0 Å². The first-order valence-corrected chi connectivity index (χ1v) is 10.1. The van der Waals surface area contributed by atoms with Gasteiger partial charge in [0.1, 0.15) is 0 Å². The van der Waals surface area contributed by atoms with Gasteiger partial charge in [0, 0.05) is 38.4 Å². The van der Waals surface area contributed by atoms with Crippen LogP contribution in [0, 0.1) is 5.92 Å². The number of benzene rings is 1. The van der Waals surface area contributed by atoms with E-state index in [1.54, 1.807) is 4.90 Å². The fraction of sp³-hybridized carbons (Fsp3) is 0.478. The maximum atomic E-state index is 13.2. The molecule has 0 N–H and O–H groups in total. The maximum Gasteiger partial charge on any atom is 0.242 e. The van der Waals surface area contributed by atoms with E-state index in [1.165, 1.54) is 0 Å². The molecule has 5 nitrogen and oxygen atoms in total. The van der Waals surface area contributed by atoms with E-state index in [-0.39, 0.29) is 24.3 Å². The van der Waals surface area contributed by atoms with Gasteiger partial charge in [0.05, 0.1) is 13.1 Å². The third-order valence-electron chi connectivity index (χ3n) is 4.73. The van der Waals surface area contributed by atoms with Crippen molar-refractivity contribution in [1.82, 2.24) is 14.4 Å². The summed E-state index contributed by atoms with van der Waals surface area (Å²) in [5.41, 5.74) is 2.15. The minimum Gasteiger partial charge on any atom is -0.353 e.